The minimum Gasteiger partial charge on any atom is -0.368 e. The molecule has 2 nitrogen and oxygen atoms in total. The second-order valence-electron chi connectivity index (χ2n) is 4.61. The van der Waals surface area contributed by atoms with E-state index in [4.69, 9.17) is 11.6 Å². The van der Waals surface area contributed by atoms with Gasteiger partial charge in [0, 0.05) is 11.9 Å². The lowest BCUT2D eigenvalue weighted by Gasteiger charge is -2.13. The van der Waals surface area contributed by atoms with Gasteiger partial charge in [-0.25, -0.2) is 4.98 Å². The first-order valence-electron chi connectivity index (χ1n) is 6.45. The molecule has 0 radical (unpaired) electrons. The van der Waals surface area contributed by atoms with Gasteiger partial charge < -0.3 is 5.32 Å². The molecule has 0 aliphatic carbocycles. The Morgan fingerprint density at radius 2 is 2.11 bits per heavy atom. The molecule has 0 fully saturated rings. The van der Waals surface area contributed by atoms with Crippen LogP contribution in [-0.2, 0) is 0 Å². The van der Waals surface area contributed by atoms with E-state index in [-0.39, 0.29) is 5.38 Å². The zero-order chi connectivity index (χ0) is 13.0. The lowest BCUT2D eigenvalue weighted by atomic mass is 10.1. The number of benzene rings is 1. The van der Waals surface area contributed by atoms with Gasteiger partial charge in [0.05, 0.1) is 10.9 Å². The Hall–Kier alpha value is -1.28. The Morgan fingerprint density at radius 1 is 1.33 bits per heavy atom. The molecular weight excluding hydrogens is 244 g/mol. The second-order valence-corrected chi connectivity index (χ2v) is 5.23. The van der Waals surface area contributed by atoms with E-state index in [1.165, 1.54) is 5.39 Å². The van der Waals surface area contributed by atoms with Gasteiger partial charge in [0.15, 0.2) is 0 Å². The number of para-hydroxylation sites is 1. The Kier molecular flexibility index (Phi) is 4.43. The van der Waals surface area contributed by atoms with Gasteiger partial charge in [0.1, 0.15) is 5.82 Å². The van der Waals surface area contributed by atoms with Gasteiger partial charge in [0.2, 0.25) is 0 Å². The van der Waals surface area contributed by atoms with Crippen molar-refractivity contribution in [2.24, 2.45) is 0 Å². The van der Waals surface area contributed by atoms with Gasteiger partial charge >= 0.3 is 0 Å². The highest BCUT2D eigenvalue weighted by atomic mass is 35.5. The topological polar surface area (TPSA) is 24.9 Å². The molecule has 0 spiro atoms. The zero-order valence-electron chi connectivity index (χ0n) is 10.9. The summed E-state index contributed by atoms with van der Waals surface area (Å²) in [6.45, 7) is 4.99. The van der Waals surface area contributed by atoms with Crippen molar-refractivity contribution in [2.75, 3.05) is 11.9 Å². The maximum atomic E-state index is 6.21. The number of halogens is 1. The van der Waals surface area contributed by atoms with Crippen LogP contribution in [0, 0.1) is 6.92 Å². The Labute approximate surface area is 113 Å². The molecule has 0 aliphatic heterocycles. The molecule has 0 bridgehead atoms. The van der Waals surface area contributed by atoms with E-state index >= 15 is 0 Å². The minimum atomic E-state index is 0.169. The molecule has 2 rings (SSSR count). The lowest BCUT2D eigenvalue weighted by Crippen LogP contribution is -2.15. The molecule has 1 aromatic carbocycles. The summed E-state index contributed by atoms with van der Waals surface area (Å²) < 4.78 is 0. The van der Waals surface area contributed by atoms with Gasteiger partial charge in [0.25, 0.3) is 0 Å². The van der Waals surface area contributed by atoms with Crippen molar-refractivity contribution in [1.82, 2.24) is 4.98 Å². The lowest BCUT2D eigenvalue weighted by molar-refractivity contribution is 0.750. The Morgan fingerprint density at radius 3 is 2.89 bits per heavy atom. The zero-order valence-corrected chi connectivity index (χ0v) is 11.7. The molecule has 0 aliphatic rings. The fourth-order valence-electron chi connectivity index (χ4n) is 2.02. The number of anilines is 1. The largest absolute Gasteiger partial charge is 0.368 e. The molecule has 0 saturated carbocycles. The molecule has 0 amide bonds. The average molecular weight is 263 g/mol. The smallest absolute Gasteiger partial charge is 0.129 e. The molecular formula is C15H19ClN2. The number of hydrogen-bond donors (Lipinski definition) is 1. The monoisotopic (exact) mass is 262 g/mol. The van der Waals surface area contributed by atoms with Crippen LogP contribution in [0.5, 0.6) is 0 Å². The Balaban J connectivity index is 2.15. The summed E-state index contributed by atoms with van der Waals surface area (Å²) in [7, 11) is 0. The number of aromatic nitrogens is 1. The minimum absolute atomic E-state index is 0.169. The Bertz CT molecular complexity index is 525. The summed E-state index contributed by atoms with van der Waals surface area (Å²) in [6.07, 6.45) is 2.14. The molecule has 1 heterocycles. The highest BCUT2D eigenvalue weighted by molar-refractivity contribution is 6.20. The number of fused-ring (bicyclic) bond motifs is 1. The quantitative estimate of drug-likeness (QED) is 0.810. The van der Waals surface area contributed by atoms with Gasteiger partial charge in [-0.1, -0.05) is 31.5 Å². The predicted molar refractivity (Wildman–Crippen MR) is 79.5 cm³/mol. The van der Waals surface area contributed by atoms with E-state index in [2.05, 4.69) is 36.3 Å². The first kappa shape index (κ1) is 13.2. The molecule has 1 aromatic heterocycles. The van der Waals surface area contributed by atoms with Crippen LogP contribution >= 0.6 is 11.6 Å². The van der Waals surface area contributed by atoms with Crippen molar-refractivity contribution in [3.63, 3.8) is 0 Å². The van der Waals surface area contributed by atoms with Crippen LogP contribution < -0.4 is 5.32 Å². The number of pyridine rings is 1. The molecule has 0 saturated heterocycles. The van der Waals surface area contributed by atoms with Crippen LogP contribution in [0.15, 0.2) is 30.3 Å². The maximum Gasteiger partial charge on any atom is 0.129 e. The van der Waals surface area contributed by atoms with Crippen molar-refractivity contribution in [3.05, 3.63) is 35.9 Å². The molecule has 1 unspecified atom stereocenters. The third kappa shape index (κ3) is 3.14. The summed E-state index contributed by atoms with van der Waals surface area (Å²) in [6, 6.07) is 10.3. The normalized spacial score (nSPS) is 12.6. The maximum absolute atomic E-state index is 6.21. The van der Waals surface area contributed by atoms with Crippen LogP contribution in [0.1, 0.15) is 25.3 Å². The van der Waals surface area contributed by atoms with Gasteiger partial charge in [-0.05, 0) is 31.0 Å². The highest BCUT2D eigenvalue weighted by Crippen LogP contribution is 2.20. The van der Waals surface area contributed by atoms with E-state index in [9.17, 15) is 0 Å². The predicted octanol–water partition coefficient (Wildman–Crippen LogP) is 4.36. The fourth-order valence-corrected chi connectivity index (χ4v) is 2.32. The van der Waals surface area contributed by atoms with Gasteiger partial charge in [-0.3, -0.25) is 0 Å². The summed E-state index contributed by atoms with van der Waals surface area (Å²) >= 11 is 6.21. The van der Waals surface area contributed by atoms with Gasteiger partial charge in [-0.2, -0.15) is 0 Å². The standard InChI is InChI=1S/C15H19ClN2/c1-3-6-13(16)10-17-15-11(2)9-12-7-4-5-8-14(12)18-15/h4-5,7-9,13H,3,6,10H2,1-2H3,(H,17,18). The second kappa shape index (κ2) is 6.05. The number of nitrogens with zero attached hydrogens (tertiary/aromatic N) is 1. The van der Waals surface area contributed by atoms with E-state index < -0.39 is 0 Å². The first-order chi connectivity index (χ1) is 8.70. The third-order valence-electron chi connectivity index (χ3n) is 3.01. The van der Waals surface area contributed by atoms with E-state index in [1.54, 1.807) is 0 Å². The molecule has 96 valence electrons. The molecule has 1 N–H and O–H groups in total. The summed E-state index contributed by atoms with van der Waals surface area (Å²) in [4.78, 5) is 4.64. The average Bonchev–Trinajstić information content (AvgIpc) is 2.36. The number of alkyl halides is 1. The van der Waals surface area contributed by atoms with E-state index in [0.29, 0.717) is 0 Å². The number of nitrogens with one attached hydrogen (secondary N) is 1. The molecule has 1 atom stereocenters. The number of aryl methyl sites for hydroxylation is 1. The van der Waals surface area contributed by atoms with Crippen LogP contribution in [0.2, 0.25) is 0 Å². The number of hydrogen-bond acceptors (Lipinski definition) is 2. The van der Waals surface area contributed by atoms with Crippen LogP contribution in [-0.4, -0.2) is 16.9 Å². The summed E-state index contributed by atoms with van der Waals surface area (Å²) in [5.74, 6) is 0.940. The third-order valence-corrected chi connectivity index (χ3v) is 3.38. The van der Waals surface area contributed by atoms with Crippen LogP contribution in [0.3, 0.4) is 0 Å². The highest BCUT2D eigenvalue weighted by Gasteiger charge is 2.06. The molecule has 2 aromatic rings. The van der Waals surface area contributed by atoms with Crippen molar-refractivity contribution >= 4 is 28.3 Å². The summed E-state index contributed by atoms with van der Waals surface area (Å²) in [5, 5.41) is 4.69. The summed E-state index contributed by atoms with van der Waals surface area (Å²) in [5.41, 5.74) is 2.18. The van der Waals surface area contributed by atoms with Crippen molar-refractivity contribution < 1.29 is 0 Å². The van der Waals surface area contributed by atoms with Crippen molar-refractivity contribution in [2.45, 2.75) is 32.1 Å². The van der Waals surface area contributed by atoms with Gasteiger partial charge in [-0.15, -0.1) is 11.6 Å². The van der Waals surface area contributed by atoms with Crippen LogP contribution in [0.25, 0.3) is 10.9 Å². The van der Waals surface area contributed by atoms with E-state index in [1.807, 2.05) is 18.2 Å². The fraction of sp³-hybridized carbons (Fsp3) is 0.400. The molecule has 3 heteroatoms. The molecule has 18 heavy (non-hydrogen) atoms. The van der Waals surface area contributed by atoms with E-state index in [0.717, 1.165) is 36.3 Å². The first-order valence-corrected chi connectivity index (χ1v) is 6.88. The van der Waals surface area contributed by atoms with Crippen LogP contribution in [0.4, 0.5) is 5.82 Å². The van der Waals surface area contributed by atoms with Crippen molar-refractivity contribution in [1.29, 1.82) is 0 Å². The SMILES string of the molecule is CCCC(Cl)CNc1nc2ccccc2cc1C. The number of rotatable bonds is 5. The van der Waals surface area contributed by atoms with Crippen molar-refractivity contribution in [3.8, 4) is 0 Å².